The van der Waals surface area contributed by atoms with Crippen LogP contribution in [-0.2, 0) is 24.0 Å². The average molecular weight is 510 g/mol. The van der Waals surface area contributed by atoms with Gasteiger partial charge in [0.15, 0.2) is 5.96 Å². The number of aliphatic imine (C=N–C) groups is 1. The van der Waals surface area contributed by atoms with Crippen molar-refractivity contribution < 1.29 is 34.2 Å². The molecule has 0 saturated carbocycles. The highest BCUT2D eigenvalue weighted by Crippen LogP contribution is 2.02. The van der Waals surface area contributed by atoms with E-state index in [4.69, 9.17) is 22.3 Å². The first-order chi connectivity index (χ1) is 15.4. The van der Waals surface area contributed by atoms with E-state index in [9.17, 15) is 29.1 Å². The van der Waals surface area contributed by atoms with Crippen molar-refractivity contribution in [3.05, 3.63) is 0 Å². The summed E-state index contributed by atoms with van der Waals surface area (Å²) < 4.78 is 0. The summed E-state index contributed by atoms with van der Waals surface area (Å²) in [6, 6.07) is -4.80. The van der Waals surface area contributed by atoms with Crippen molar-refractivity contribution in [2.24, 2.45) is 22.2 Å². The summed E-state index contributed by atoms with van der Waals surface area (Å²) in [4.78, 5) is 62.8. The van der Waals surface area contributed by atoms with Crippen molar-refractivity contribution in [1.82, 2.24) is 16.0 Å². The van der Waals surface area contributed by atoms with Crippen molar-refractivity contribution in [2.45, 2.75) is 49.9 Å². The zero-order valence-electron chi connectivity index (χ0n) is 17.8. The van der Waals surface area contributed by atoms with Gasteiger partial charge in [0, 0.05) is 24.5 Å². The number of aliphatic carboxylic acids is 2. The Morgan fingerprint density at radius 1 is 0.818 bits per heavy atom. The van der Waals surface area contributed by atoms with Gasteiger partial charge >= 0.3 is 11.9 Å². The number of thiol groups is 2. The van der Waals surface area contributed by atoms with E-state index in [1.807, 2.05) is 0 Å². The molecule has 0 heterocycles. The molecule has 188 valence electrons. The van der Waals surface area contributed by atoms with Gasteiger partial charge in [-0.15, -0.1) is 0 Å². The van der Waals surface area contributed by atoms with Gasteiger partial charge in [0.1, 0.15) is 18.1 Å². The number of nitrogens with zero attached hydrogens (tertiary/aromatic N) is 1. The first-order valence-electron chi connectivity index (χ1n) is 9.81. The summed E-state index contributed by atoms with van der Waals surface area (Å²) in [5.74, 6) is -5.20. The maximum atomic E-state index is 12.5. The zero-order chi connectivity index (χ0) is 25.6. The molecule has 0 aromatic rings. The molecule has 0 aliphatic carbocycles. The Labute approximate surface area is 201 Å². The molecular formula is C17H31N7O7S2. The molecule has 3 amide bonds. The molecule has 0 radical (unpaired) electrons. The molecule has 0 rings (SSSR count). The van der Waals surface area contributed by atoms with Crippen molar-refractivity contribution in [2.75, 3.05) is 18.1 Å². The highest BCUT2D eigenvalue weighted by atomic mass is 32.1. The summed E-state index contributed by atoms with van der Waals surface area (Å²) in [7, 11) is 0. The third kappa shape index (κ3) is 12.8. The van der Waals surface area contributed by atoms with Gasteiger partial charge in [-0.3, -0.25) is 24.2 Å². The van der Waals surface area contributed by atoms with E-state index in [0.29, 0.717) is 0 Å². The summed E-state index contributed by atoms with van der Waals surface area (Å²) in [6.45, 7) is 0.173. The number of amides is 3. The molecule has 0 fully saturated rings. The van der Waals surface area contributed by atoms with Gasteiger partial charge in [-0.05, 0) is 19.3 Å². The Morgan fingerprint density at radius 2 is 1.30 bits per heavy atom. The Morgan fingerprint density at radius 3 is 1.73 bits per heavy atom. The Hall–Kier alpha value is -2.72. The maximum absolute atomic E-state index is 12.5. The van der Waals surface area contributed by atoms with Gasteiger partial charge in [0.2, 0.25) is 17.7 Å². The van der Waals surface area contributed by atoms with E-state index in [0.717, 1.165) is 0 Å². The minimum absolute atomic E-state index is 0.0364. The van der Waals surface area contributed by atoms with Crippen LogP contribution in [0.5, 0.6) is 0 Å². The quantitative estimate of drug-likeness (QED) is 0.0427. The topological polar surface area (TPSA) is 252 Å². The lowest BCUT2D eigenvalue weighted by Crippen LogP contribution is -2.58. The first kappa shape index (κ1) is 30.3. The second-order valence-corrected chi connectivity index (χ2v) is 7.60. The van der Waals surface area contributed by atoms with Crippen molar-refractivity contribution in [1.29, 1.82) is 0 Å². The van der Waals surface area contributed by atoms with Crippen LogP contribution in [0.3, 0.4) is 0 Å². The molecule has 0 aromatic carbocycles. The molecule has 0 aromatic heterocycles. The summed E-state index contributed by atoms with van der Waals surface area (Å²) in [5, 5.41) is 25.0. The van der Waals surface area contributed by atoms with Crippen molar-refractivity contribution in [3.63, 3.8) is 0 Å². The van der Waals surface area contributed by atoms with E-state index >= 15 is 0 Å². The number of carbonyl (C=O) groups is 5. The third-order valence-electron chi connectivity index (χ3n) is 4.20. The SMILES string of the molecule is NC(N)=NCCCC(NC(=O)C(CS)NC(=O)C(CS)NC(=O)C(N)CCC(=O)O)C(=O)O. The predicted molar refractivity (Wildman–Crippen MR) is 126 cm³/mol. The van der Waals surface area contributed by atoms with Crippen LogP contribution in [-0.4, -0.2) is 88.1 Å². The Bertz CT molecular complexity index is 735. The highest BCUT2D eigenvalue weighted by Gasteiger charge is 2.29. The van der Waals surface area contributed by atoms with Crippen molar-refractivity contribution in [3.8, 4) is 0 Å². The lowest BCUT2D eigenvalue weighted by atomic mass is 10.1. The number of hydrogen-bond donors (Lipinski definition) is 10. The molecule has 0 aliphatic rings. The molecule has 16 heteroatoms. The van der Waals surface area contributed by atoms with Crippen LogP contribution >= 0.6 is 25.3 Å². The molecule has 14 nitrogen and oxygen atoms in total. The second-order valence-electron chi connectivity index (χ2n) is 6.87. The number of guanidine groups is 1. The van der Waals surface area contributed by atoms with E-state index in [2.05, 4.69) is 46.2 Å². The van der Waals surface area contributed by atoms with Gasteiger partial charge in [0.25, 0.3) is 0 Å². The summed E-state index contributed by atoms with van der Waals surface area (Å²) in [6.07, 6.45) is -0.147. The van der Waals surface area contributed by atoms with Gasteiger partial charge in [-0.1, -0.05) is 0 Å². The molecule has 0 bridgehead atoms. The number of nitrogens with two attached hydrogens (primary N) is 3. The molecule has 0 aliphatic heterocycles. The van der Waals surface area contributed by atoms with Crippen LogP contribution in [0.15, 0.2) is 4.99 Å². The van der Waals surface area contributed by atoms with Gasteiger partial charge in [-0.25, -0.2) is 4.79 Å². The fraction of sp³-hybridized carbons (Fsp3) is 0.647. The number of carboxylic acid groups (broad SMARTS) is 2. The normalized spacial score (nSPS) is 14.2. The summed E-state index contributed by atoms with van der Waals surface area (Å²) in [5.41, 5.74) is 16.0. The van der Waals surface area contributed by atoms with Crippen LogP contribution in [0.2, 0.25) is 0 Å². The van der Waals surface area contributed by atoms with Crippen LogP contribution in [0.1, 0.15) is 25.7 Å². The molecule has 0 spiro atoms. The standard InChI is InChI=1S/C17H31N7O7S2/c18-8(3-4-12(25)26)13(27)23-10(6-32)15(29)24-11(7-33)14(28)22-9(16(30)31)2-1-5-21-17(19)20/h8-11,32-33H,1-7,18H2,(H,22,28)(H,23,27)(H,24,29)(H,25,26)(H,30,31)(H4,19,20,21). The Balaban J connectivity index is 4.94. The molecule has 4 unspecified atom stereocenters. The van der Waals surface area contributed by atoms with Crippen LogP contribution in [0, 0.1) is 0 Å². The van der Waals surface area contributed by atoms with Crippen LogP contribution < -0.4 is 33.2 Å². The Kier molecular flexibility index (Phi) is 14.7. The van der Waals surface area contributed by atoms with Crippen LogP contribution in [0.25, 0.3) is 0 Å². The number of rotatable bonds is 16. The molecule has 0 saturated heterocycles. The monoisotopic (exact) mass is 509 g/mol. The largest absolute Gasteiger partial charge is 0.481 e. The molecule has 11 N–H and O–H groups in total. The third-order valence-corrected chi connectivity index (χ3v) is 4.93. The van der Waals surface area contributed by atoms with E-state index in [1.54, 1.807) is 0 Å². The second kappa shape index (κ2) is 16.0. The van der Waals surface area contributed by atoms with Crippen LogP contribution in [0.4, 0.5) is 0 Å². The van der Waals surface area contributed by atoms with E-state index in [-0.39, 0.29) is 49.7 Å². The maximum Gasteiger partial charge on any atom is 0.326 e. The molecule has 33 heavy (non-hydrogen) atoms. The summed E-state index contributed by atoms with van der Waals surface area (Å²) >= 11 is 8.00. The fourth-order valence-corrected chi connectivity index (χ4v) is 2.90. The highest BCUT2D eigenvalue weighted by molar-refractivity contribution is 7.80. The zero-order valence-corrected chi connectivity index (χ0v) is 19.6. The smallest absolute Gasteiger partial charge is 0.326 e. The van der Waals surface area contributed by atoms with Gasteiger partial charge in [-0.2, -0.15) is 25.3 Å². The fourth-order valence-electron chi connectivity index (χ4n) is 2.38. The lowest BCUT2D eigenvalue weighted by Gasteiger charge is -2.23. The lowest BCUT2D eigenvalue weighted by molar-refractivity contribution is -0.142. The van der Waals surface area contributed by atoms with Crippen molar-refractivity contribution >= 4 is 60.9 Å². The number of carboxylic acids is 2. The van der Waals surface area contributed by atoms with E-state index in [1.165, 1.54) is 0 Å². The number of nitrogens with one attached hydrogen (secondary N) is 3. The predicted octanol–water partition coefficient (Wildman–Crippen LogP) is -3.37. The first-order valence-corrected chi connectivity index (χ1v) is 11.1. The van der Waals surface area contributed by atoms with Gasteiger partial charge < -0.3 is 43.4 Å². The average Bonchev–Trinajstić information content (AvgIpc) is 2.74. The van der Waals surface area contributed by atoms with Gasteiger partial charge in [0.05, 0.1) is 6.04 Å². The number of hydrogen-bond acceptors (Lipinski definition) is 9. The molecule has 4 atom stereocenters. The minimum Gasteiger partial charge on any atom is -0.481 e. The van der Waals surface area contributed by atoms with E-state index < -0.39 is 53.8 Å². The minimum atomic E-state index is -1.28. The number of carbonyl (C=O) groups excluding carboxylic acids is 3. The molecular weight excluding hydrogens is 478 g/mol.